The SMILES string of the molecule is CN(C(=O)NCCN1CCOCC1)C1CCOCC1. The Balaban J connectivity index is 1.62. The molecule has 6 heteroatoms. The van der Waals surface area contributed by atoms with E-state index in [0.717, 1.165) is 58.9 Å². The third-order valence-electron chi connectivity index (χ3n) is 3.87. The predicted molar refractivity (Wildman–Crippen MR) is 72.3 cm³/mol. The second-order valence-corrected chi connectivity index (χ2v) is 5.14. The Hall–Kier alpha value is -0.850. The van der Waals surface area contributed by atoms with Crippen LogP contribution in [0.3, 0.4) is 0 Å². The minimum absolute atomic E-state index is 0.0279. The number of carbonyl (C=O) groups excluding carboxylic acids is 1. The lowest BCUT2D eigenvalue weighted by molar-refractivity contribution is 0.0379. The molecule has 0 saturated carbocycles. The van der Waals surface area contributed by atoms with Gasteiger partial charge in [0.1, 0.15) is 0 Å². The number of ether oxygens (including phenoxy) is 2. The molecule has 1 N–H and O–H groups in total. The van der Waals surface area contributed by atoms with Gasteiger partial charge in [0.2, 0.25) is 0 Å². The number of rotatable bonds is 4. The van der Waals surface area contributed by atoms with Crippen LogP contribution < -0.4 is 5.32 Å². The zero-order valence-electron chi connectivity index (χ0n) is 11.8. The van der Waals surface area contributed by atoms with Crippen molar-refractivity contribution >= 4 is 6.03 Å². The van der Waals surface area contributed by atoms with Crippen molar-refractivity contribution in [3.63, 3.8) is 0 Å². The van der Waals surface area contributed by atoms with E-state index in [1.807, 2.05) is 11.9 Å². The Labute approximate surface area is 115 Å². The van der Waals surface area contributed by atoms with E-state index < -0.39 is 0 Å². The highest BCUT2D eigenvalue weighted by molar-refractivity contribution is 5.74. The number of hydrogen-bond donors (Lipinski definition) is 1. The van der Waals surface area contributed by atoms with Crippen LogP contribution >= 0.6 is 0 Å². The van der Waals surface area contributed by atoms with Gasteiger partial charge in [-0.05, 0) is 12.8 Å². The van der Waals surface area contributed by atoms with Crippen molar-refractivity contribution in [3.05, 3.63) is 0 Å². The maximum Gasteiger partial charge on any atom is 0.317 e. The normalized spacial score (nSPS) is 22.2. The van der Waals surface area contributed by atoms with Gasteiger partial charge in [-0.15, -0.1) is 0 Å². The molecule has 2 rings (SSSR count). The molecule has 0 aromatic heterocycles. The Morgan fingerprint density at radius 2 is 1.84 bits per heavy atom. The number of amides is 2. The van der Waals surface area contributed by atoms with E-state index in [9.17, 15) is 4.79 Å². The van der Waals surface area contributed by atoms with Crippen molar-refractivity contribution in [1.82, 2.24) is 15.1 Å². The van der Waals surface area contributed by atoms with Crippen molar-refractivity contribution < 1.29 is 14.3 Å². The van der Waals surface area contributed by atoms with Gasteiger partial charge in [-0.1, -0.05) is 0 Å². The second-order valence-electron chi connectivity index (χ2n) is 5.14. The van der Waals surface area contributed by atoms with Gasteiger partial charge in [0.05, 0.1) is 13.2 Å². The standard InChI is InChI=1S/C13H25N3O3/c1-15(12-2-8-18-9-3-12)13(17)14-4-5-16-6-10-19-11-7-16/h12H,2-11H2,1H3,(H,14,17). The lowest BCUT2D eigenvalue weighted by Gasteiger charge is -2.32. The average molecular weight is 271 g/mol. The van der Waals surface area contributed by atoms with Crippen LogP contribution in [0.1, 0.15) is 12.8 Å². The van der Waals surface area contributed by atoms with Gasteiger partial charge < -0.3 is 19.7 Å². The summed E-state index contributed by atoms with van der Waals surface area (Å²) < 4.78 is 10.6. The third-order valence-corrected chi connectivity index (χ3v) is 3.87. The highest BCUT2D eigenvalue weighted by atomic mass is 16.5. The molecule has 0 aromatic rings. The van der Waals surface area contributed by atoms with Gasteiger partial charge in [0, 0.05) is 52.5 Å². The van der Waals surface area contributed by atoms with Crippen LogP contribution in [0.25, 0.3) is 0 Å². The molecule has 19 heavy (non-hydrogen) atoms. The van der Waals surface area contributed by atoms with Gasteiger partial charge in [-0.25, -0.2) is 4.79 Å². The molecule has 2 saturated heterocycles. The highest BCUT2D eigenvalue weighted by Gasteiger charge is 2.22. The van der Waals surface area contributed by atoms with Crippen molar-refractivity contribution in [1.29, 1.82) is 0 Å². The van der Waals surface area contributed by atoms with E-state index in [0.29, 0.717) is 12.6 Å². The van der Waals surface area contributed by atoms with E-state index in [4.69, 9.17) is 9.47 Å². The van der Waals surface area contributed by atoms with Gasteiger partial charge in [-0.2, -0.15) is 0 Å². The Kier molecular flexibility index (Phi) is 5.88. The quantitative estimate of drug-likeness (QED) is 0.790. The molecule has 0 radical (unpaired) electrons. The molecule has 110 valence electrons. The molecule has 0 bridgehead atoms. The van der Waals surface area contributed by atoms with E-state index >= 15 is 0 Å². The van der Waals surface area contributed by atoms with Crippen LogP contribution in [-0.4, -0.2) is 81.5 Å². The first-order valence-electron chi connectivity index (χ1n) is 7.16. The number of nitrogens with zero attached hydrogens (tertiary/aromatic N) is 2. The van der Waals surface area contributed by atoms with Crippen LogP contribution in [0.5, 0.6) is 0 Å². The molecular weight excluding hydrogens is 246 g/mol. The Bertz CT molecular complexity index is 276. The fourth-order valence-corrected chi connectivity index (χ4v) is 2.51. The molecule has 2 aliphatic rings. The van der Waals surface area contributed by atoms with Crippen LogP contribution in [0.2, 0.25) is 0 Å². The van der Waals surface area contributed by atoms with Crippen LogP contribution in [0.15, 0.2) is 0 Å². The molecule has 0 atom stereocenters. The van der Waals surface area contributed by atoms with Crippen LogP contribution in [-0.2, 0) is 9.47 Å². The first-order chi connectivity index (χ1) is 9.27. The van der Waals surface area contributed by atoms with Gasteiger partial charge in [0.25, 0.3) is 0 Å². The van der Waals surface area contributed by atoms with Crippen molar-refractivity contribution in [2.24, 2.45) is 0 Å². The molecule has 0 unspecified atom stereocenters. The van der Waals surface area contributed by atoms with E-state index in [1.54, 1.807) is 0 Å². The fraction of sp³-hybridized carbons (Fsp3) is 0.923. The summed E-state index contributed by atoms with van der Waals surface area (Å²) in [6, 6.07) is 0.345. The molecule has 0 aliphatic carbocycles. The van der Waals surface area contributed by atoms with Gasteiger partial charge >= 0.3 is 6.03 Å². The summed E-state index contributed by atoms with van der Waals surface area (Å²) in [5, 5.41) is 2.99. The number of carbonyl (C=O) groups is 1. The highest BCUT2D eigenvalue weighted by Crippen LogP contribution is 2.12. The zero-order valence-corrected chi connectivity index (χ0v) is 11.8. The van der Waals surface area contributed by atoms with Crippen molar-refractivity contribution in [2.75, 3.05) is 59.7 Å². The van der Waals surface area contributed by atoms with E-state index in [1.165, 1.54) is 0 Å². The average Bonchev–Trinajstić information content (AvgIpc) is 2.48. The second kappa shape index (κ2) is 7.67. The smallest absolute Gasteiger partial charge is 0.317 e. The predicted octanol–water partition coefficient (Wildman–Crippen LogP) is 0.139. The summed E-state index contributed by atoms with van der Waals surface area (Å²) >= 11 is 0. The largest absolute Gasteiger partial charge is 0.381 e. The van der Waals surface area contributed by atoms with Gasteiger partial charge in [-0.3, -0.25) is 4.90 Å². The Morgan fingerprint density at radius 1 is 1.21 bits per heavy atom. The van der Waals surface area contributed by atoms with Crippen molar-refractivity contribution in [2.45, 2.75) is 18.9 Å². The summed E-state index contributed by atoms with van der Waals surface area (Å²) in [6.45, 7) is 6.65. The van der Waals surface area contributed by atoms with Gasteiger partial charge in [0.15, 0.2) is 0 Å². The Morgan fingerprint density at radius 3 is 2.53 bits per heavy atom. The summed E-state index contributed by atoms with van der Waals surface area (Å²) in [7, 11) is 1.88. The monoisotopic (exact) mass is 271 g/mol. The number of nitrogens with one attached hydrogen (secondary N) is 1. The zero-order chi connectivity index (χ0) is 13.5. The minimum Gasteiger partial charge on any atom is -0.381 e. The maximum absolute atomic E-state index is 12.0. The van der Waals surface area contributed by atoms with Crippen LogP contribution in [0.4, 0.5) is 4.79 Å². The molecule has 2 aliphatic heterocycles. The lowest BCUT2D eigenvalue weighted by atomic mass is 10.1. The number of hydrogen-bond acceptors (Lipinski definition) is 4. The summed E-state index contributed by atoms with van der Waals surface area (Å²) in [4.78, 5) is 16.2. The molecule has 0 aromatic carbocycles. The molecule has 2 amide bonds. The molecular formula is C13H25N3O3. The number of morpholine rings is 1. The lowest BCUT2D eigenvalue weighted by Crippen LogP contribution is -2.48. The summed E-state index contributed by atoms with van der Waals surface area (Å²) in [5.74, 6) is 0. The fourth-order valence-electron chi connectivity index (χ4n) is 2.51. The number of urea groups is 1. The topological polar surface area (TPSA) is 54.0 Å². The minimum atomic E-state index is 0.0279. The summed E-state index contributed by atoms with van der Waals surface area (Å²) in [5.41, 5.74) is 0. The first-order valence-corrected chi connectivity index (χ1v) is 7.16. The summed E-state index contributed by atoms with van der Waals surface area (Å²) in [6.07, 6.45) is 1.88. The van der Waals surface area contributed by atoms with E-state index in [-0.39, 0.29) is 6.03 Å². The van der Waals surface area contributed by atoms with E-state index in [2.05, 4.69) is 10.2 Å². The molecule has 0 spiro atoms. The molecule has 2 heterocycles. The third kappa shape index (κ3) is 4.63. The molecule has 2 fully saturated rings. The maximum atomic E-state index is 12.0. The first kappa shape index (κ1) is 14.6. The molecule has 6 nitrogen and oxygen atoms in total. The van der Waals surface area contributed by atoms with Crippen molar-refractivity contribution in [3.8, 4) is 0 Å². The van der Waals surface area contributed by atoms with Crippen LogP contribution in [0, 0.1) is 0 Å².